The highest BCUT2D eigenvalue weighted by atomic mass is 16.5. The second-order valence-electron chi connectivity index (χ2n) is 9.09. The summed E-state index contributed by atoms with van der Waals surface area (Å²) < 4.78 is 21.7. The van der Waals surface area contributed by atoms with Crippen LogP contribution in [0.1, 0.15) is 84.9 Å². The first-order valence-corrected chi connectivity index (χ1v) is 13.1. The Bertz CT molecular complexity index is 1010. The van der Waals surface area contributed by atoms with Crippen LogP contribution in [0.15, 0.2) is 61.2 Å². The van der Waals surface area contributed by atoms with Gasteiger partial charge in [0.2, 0.25) is 0 Å². The lowest BCUT2D eigenvalue weighted by molar-refractivity contribution is -0.137. The molecule has 2 aromatic rings. The molecule has 0 N–H and O–H groups in total. The van der Waals surface area contributed by atoms with E-state index in [0.717, 1.165) is 57.8 Å². The predicted molar refractivity (Wildman–Crippen MR) is 140 cm³/mol. The molecular weight excluding hydrogens is 472 g/mol. The highest BCUT2D eigenvalue weighted by Gasteiger charge is 2.19. The molecule has 0 amide bonds. The summed E-state index contributed by atoms with van der Waals surface area (Å²) in [5.74, 6) is -0.156. The Morgan fingerprint density at radius 2 is 1.30 bits per heavy atom. The van der Waals surface area contributed by atoms with Crippen molar-refractivity contribution in [2.75, 3.05) is 13.2 Å². The van der Waals surface area contributed by atoms with Gasteiger partial charge in [-0.25, -0.2) is 14.4 Å². The van der Waals surface area contributed by atoms with Gasteiger partial charge in [-0.3, -0.25) is 0 Å². The smallest absolute Gasteiger partial charge is 0.343 e. The monoisotopic (exact) mass is 508 g/mol. The van der Waals surface area contributed by atoms with E-state index in [-0.39, 0.29) is 18.0 Å². The lowest BCUT2D eigenvalue weighted by atomic mass is 9.98. The zero-order chi connectivity index (χ0) is 26.3. The summed E-state index contributed by atoms with van der Waals surface area (Å²) in [7, 11) is 0. The molecule has 0 aromatic heterocycles. The lowest BCUT2D eigenvalue weighted by Gasteiger charge is -2.21. The summed E-state index contributed by atoms with van der Waals surface area (Å²) in [5.41, 5.74) is 0.853. The fourth-order valence-electron chi connectivity index (χ4n) is 4.07. The van der Waals surface area contributed by atoms with Crippen molar-refractivity contribution in [3.05, 3.63) is 72.3 Å². The molecule has 1 aliphatic carbocycles. The minimum absolute atomic E-state index is 0.00211. The molecule has 1 aliphatic rings. The molecule has 0 spiro atoms. The number of rotatable bonds is 14. The van der Waals surface area contributed by atoms with Crippen molar-refractivity contribution in [3.8, 4) is 11.5 Å². The number of esters is 3. The molecule has 3 rings (SSSR count). The molecule has 7 nitrogen and oxygen atoms in total. The number of benzene rings is 2. The molecule has 7 heteroatoms. The van der Waals surface area contributed by atoms with Crippen molar-refractivity contribution >= 4 is 17.9 Å². The third-order valence-electron chi connectivity index (χ3n) is 6.18. The number of carbonyl (C=O) groups excluding carboxylic acids is 3. The van der Waals surface area contributed by atoms with Crippen molar-refractivity contribution in [2.45, 2.75) is 70.3 Å². The Morgan fingerprint density at radius 1 is 0.730 bits per heavy atom. The Kier molecular flexibility index (Phi) is 11.7. The maximum Gasteiger partial charge on any atom is 0.343 e. The normalized spacial score (nSPS) is 13.4. The molecule has 1 saturated carbocycles. The van der Waals surface area contributed by atoms with Crippen molar-refractivity contribution in [1.82, 2.24) is 0 Å². The summed E-state index contributed by atoms with van der Waals surface area (Å²) in [6.07, 6.45) is 11.2. The molecule has 0 heterocycles. The second kappa shape index (κ2) is 15.5. The minimum atomic E-state index is -0.483. The highest BCUT2D eigenvalue weighted by molar-refractivity contribution is 5.92. The van der Waals surface area contributed by atoms with Crippen LogP contribution in [0.25, 0.3) is 0 Å². The van der Waals surface area contributed by atoms with E-state index in [9.17, 15) is 14.4 Å². The summed E-state index contributed by atoms with van der Waals surface area (Å²) in [4.78, 5) is 35.8. The predicted octanol–water partition coefficient (Wildman–Crippen LogP) is 6.45. The van der Waals surface area contributed by atoms with Crippen LogP contribution in [-0.4, -0.2) is 37.2 Å². The van der Waals surface area contributed by atoms with Crippen molar-refractivity contribution in [1.29, 1.82) is 0 Å². The number of carbonyl (C=O) groups is 3. The molecule has 2 aromatic carbocycles. The van der Waals surface area contributed by atoms with Gasteiger partial charge in [0.05, 0.1) is 24.3 Å². The minimum Gasteiger partial charge on any atom is -0.494 e. The molecular formula is C30H36O7. The highest BCUT2D eigenvalue weighted by Crippen LogP contribution is 2.22. The molecule has 198 valence electrons. The van der Waals surface area contributed by atoms with Gasteiger partial charge < -0.3 is 18.9 Å². The van der Waals surface area contributed by atoms with Gasteiger partial charge in [-0.1, -0.05) is 32.3 Å². The molecule has 1 fully saturated rings. The van der Waals surface area contributed by atoms with E-state index in [1.165, 1.54) is 12.5 Å². The summed E-state index contributed by atoms with van der Waals surface area (Å²) in [6.45, 7) is 4.38. The van der Waals surface area contributed by atoms with E-state index >= 15 is 0 Å². The van der Waals surface area contributed by atoms with Crippen LogP contribution in [0.4, 0.5) is 0 Å². The van der Waals surface area contributed by atoms with Crippen LogP contribution in [0.3, 0.4) is 0 Å². The van der Waals surface area contributed by atoms with Crippen LogP contribution >= 0.6 is 0 Å². The molecule has 0 saturated heterocycles. The Hall–Kier alpha value is -3.61. The standard InChI is InChI=1S/C30H36O7/c1-2-28(31)35-22-10-5-3-4-9-21-34-25-17-13-23(14-18-25)30(33)37-27-19-15-24(16-20-27)29(32)36-26-11-7-6-8-12-26/h2,13-20,26H,1,3-12,21-22H2. The number of hydrogen-bond acceptors (Lipinski definition) is 7. The van der Waals surface area contributed by atoms with Crippen LogP contribution in [-0.2, 0) is 14.3 Å². The third-order valence-corrected chi connectivity index (χ3v) is 6.18. The van der Waals surface area contributed by atoms with E-state index in [2.05, 4.69) is 6.58 Å². The van der Waals surface area contributed by atoms with Crippen molar-refractivity contribution in [3.63, 3.8) is 0 Å². The van der Waals surface area contributed by atoms with E-state index < -0.39 is 5.97 Å². The van der Waals surface area contributed by atoms with Gasteiger partial charge in [0.25, 0.3) is 0 Å². The first-order chi connectivity index (χ1) is 18.0. The molecule has 37 heavy (non-hydrogen) atoms. The first kappa shape index (κ1) is 28.0. The molecule has 0 radical (unpaired) electrons. The van der Waals surface area contributed by atoms with Gasteiger partial charge in [-0.15, -0.1) is 0 Å². The van der Waals surface area contributed by atoms with E-state index in [4.69, 9.17) is 18.9 Å². The average molecular weight is 509 g/mol. The van der Waals surface area contributed by atoms with Crippen LogP contribution in [0.5, 0.6) is 11.5 Å². The SMILES string of the molecule is C=CC(=O)OCCCCCCCOc1ccc(C(=O)Oc2ccc(C(=O)OC3CCCCC3)cc2)cc1. The molecule has 0 unspecified atom stereocenters. The Labute approximate surface area is 218 Å². The molecule has 0 atom stereocenters. The molecule has 0 aliphatic heterocycles. The first-order valence-electron chi connectivity index (χ1n) is 13.1. The van der Waals surface area contributed by atoms with Gasteiger partial charge in [-0.2, -0.15) is 0 Å². The van der Waals surface area contributed by atoms with E-state index in [1.807, 2.05) is 0 Å². The maximum atomic E-state index is 12.5. The zero-order valence-corrected chi connectivity index (χ0v) is 21.3. The van der Waals surface area contributed by atoms with Crippen LogP contribution in [0, 0.1) is 0 Å². The fraction of sp³-hybridized carbons (Fsp3) is 0.433. The summed E-state index contributed by atoms with van der Waals surface area (Å²) >= 11 is 0. The van der Waals surface area contributed by atoms with Crippen LogP contribution in [0.2, 0.25) is 0 Å². The molecule has 0 bridgehead atoms. The maximum absolute atomic E-state index is 12.5. The third kappa shape index (κ3) is 10.1. The summed E-state index contributed by atoms with van der Waals surface area (Å²) in [5, 5.41) is 0. The quantitative estimate of drug-likeness (QED) is 0.125. The topological polar surface area (TPSA) is 88.1 Å². The largest absolute Gasteiger partial charge is 0.494 e. The number of ether oxygens (including phenoxy) is 4. The van der Waals surface area contributed by atoms with Gasteiger partial charge in [-0.05, 0) is 87.1 Å². The average Bonchev–Trinajstić information content (AvgIpc) is 2.93. The zero-order valence-electron chi connectivity index (χ0n) is 21.3. The summed E-state index contributed by atoms with van der Waals surface area (Å²) in [6, 6.07) is 13.2. The number of hydrogen-bond donors (Lipinski definition) is 0. The van der Waals surface area contributed by atoms with Gasteiger partial charge >= 0.3 is 17.9 Å². The van der Waals surface area contributed by atoms with Gasteiger partial charge in [0, 0.05) is 6.08 Å². The number of unbranched alkanes of at least 4 members (excludes halogenated alkanes) is 4. The Morgan fingerprint density at radius 3 is 1.95 bits per heavy atom. The van der Waals surface area contributed by atoms with E-state index in [0.29, 0.717) is 35.8 Å². The lowest BCUT2D eigenvalue weighted by Crippen LogP contribution is -2.20. The fourth-order valence-corrected chi connectivity index (χ4v) is 4.07. The van der Waals surface area contributed by atoms with Crippen LogP contribution < -0.4 is 9.47 Å². The van der Waals surface area contributed by atoms with Gasteiger partial charge in [0.1, 0.15) is 17.6 Å². The Balaban J connectivity index is 1.33. The van der Waals surface area contributed by atoms with Crippen molar-refractivity contribution < 1.29 is 33.3 Å². The van der Waals surface area contributed by atoms with Gasteiger partial charge in [0.15, 0.2) is 0 Å². The second-order valence-corrected chi connectivity index (χ2v) is 9.09. The van der Waals surface area contributed by atoms with E-state index in [1.54, 1.807) is 48.5 Å². The van der Waals surface area contributed by atoms with Crippen molar-refractivity contribution in [2.24, 2.45) is 0 Å².